The summed E-state index contributed by atoms with van der Waals surface area (Å²) in [7, 11) is 0. The lowest BCUT2D eigenvalue weighted by Gasteiger charge is -2.21. The summed E-state index contributed by atoms with van der Waals surface area (Å²) in [5, 5.41) is 0. The van der Waals surface area contributed by atoms with Gasteiger partial charge >= 0.3 is 0 Å². The smallest absolute Gasteiger partial charge is 0.266 e. The zero-order valence-corrected chi connectivity index (χ0v) is 16.5. The predicted molar refractivity (Wildman–Crippen MR) is 121 cm³/mol. The number of carbonyl (C=O) groups excluding carboxylic acids is 1. The van der Waals surface area contributed by atoms with Gasteiger partial charge in [-0.3, -0.25) is 9.69 Å². The lowest BCUT2D eigenvalue weighted by molar-refractivity contribution is -0.120. The van der Waals surface area contributed by atoms with Crippen molar-refractivity contribution in [2.24, 2.45) is 9.98 Å². The SMILES string of the molecule is O=C1/C(=C/C2=CCCC=C2)N=C2C(Cc3ccccc3)=NC(c3ccccc3)=CN12. The summed E-state index contributed by atoms with van der Waals surface area (Å²) >= 11 is 0. The van der Waals surface area contributed by atoms with Crippen LogP contribution in [0.1, 0.15) is 24.0 Å². The monoisotopic (exact) mass is 391 g/mol. The van der Waals surface area contributed by atoms with Gasteiger partial charge in [0.25, 0.3) is 5.91 Å². The van der Waals surface area contributed by atoms with E-state index in [1.165, 1.54) is 0 Å². The molecule has 2 aromatic rings. The zero-order chi connectivity index (χ0) is 20.3. The highest BCUT2D eigenvalue weighted by Crippen LogP contribution is 2.28. The second-order valence-corrected chi connectivity index (χ2v) is 7.43. The van der Waals surface area contributed by atoms with Gasteiger partial charge in [-0.05, 0) is 30.1 Å². The van der Waals surface area contributed by atoms with Crippen molar-refractivity contribution in [1.29, 1.82) is 0 Å². The second-order valence-electron chi connectivity index (χ2n) is 7.43. The van der Waals surface area contributed by atoms with E-state index in [2.05, 4.69) is 24.3 Å². The molecule has 5 rings (SSSR count). The van der Waals surface area contributed by atoms with E-state index in [-0.39, 0.29) is 5.91 Å². The molecule has 0 bridgehead atoms. The molecule has 1 amide bonds. The summed E-state index contributed by atoms with van der Waals surface area (Å²) in [5.74, 6) is 0.508. The van der Waals surface area contributed by atoms with Crippen molar-refractivity contribution in [3.05, 3.63) is 114 Å². The van der Waals surface area contributed by atoms with Crippen molar-refractivity contribution in [2.45, 2.75) is 19.3 Å². The number of hydrogen-bond acceptors (Lipinski definition) is 3. The molecule has 1 aliphatic carbocycles. The Morgan fingerprint density at radius 3 is 2.43 bits per heavy atom. The van der Waals surface area contributed by atoms with E-state index in [0.717, 1.165) is 41.0 Å². The second kappa shape index (κ2) is 7.91. The fraction of sp³-hybridized carbons (Fsp3) is 0.115. The number of carbonyl (C=O) groups is 1. The summed E-state index contributed by atoms with van der Waals surface area (Å²) in [6.07, 6.45) is 12.6. The first-order valence-electron chi connectivity index (χ1n) is 10.2. The average molecular weight is 391 g/mol. The molecule has 0 atom stereocenters. The third-order valence-electron chi connectivity index (χ3n) is 5.27. The number of nitrogens with zero attached hydrogens (tertiary/aromatic N) is 3. The molecule has 30 heavy (non-hydrogen) atoms. The number of benzene rings is 2. The van der Waals surface area contributed by atoms with Gasteiger partial charge in [-0.1, -0.05) is 78.9 Å². The molecule has 4 heteroatoms. The maximum absolute atomic E-state index is 13.2. The molecule has 0 N–H and O–H groups in total. The molecule has 2 heterocycles. The first-order chi connectivity index (χ1) is 14.8. The van der Waals surface area contributed by atoms with Gasteiger partial charge in [-0.2, -0.15) is 0 Å². The van der Waals surface area contributed by atoms with Gasteiger partial charge in [0.05, 0.1) is 11.4 Å². The molecule has 3 aliphatic rings. The van der Waals surface area contributed by atoms with Crippen LogP contribution in [0.25, 0.3) is 5.70 Å². The number of aliphatic imine (C=N–C) groups is 2. The van der Waals surface area contributed by atoms with Crippen LogP contribution < -0.4 is 0 Å². The molecule has 0 fully saturated rings. The molecule has 0 saturated carbocycles. The van der Waals surface area contributed by atoms with Gasteiger partial charge < -0.3 is 0 Å². The van der Waals surface area contributed by atoms with Crippen molar-refractivity contribution in [3.8, 4) is 0 Å². The van der Waals surface area contributed by atoms with Crippen LogP contribution in [0.15, 0.2) is 112 Å². The van der Waals surface area contributed by atoms with Crippen LogP contribution in [0.4, 0.5) is 0 Å². The van der Waals surface area contributed by atoms with Crippen LogP contribution in [0, 0.1) is 0 Å². The molecule has 0 radical (unpaired) electrons. The minimum atomic E-state index is -0.112. The van der Waals surface area contributed by atoms with Gasteiger partial charge in [-0.25, -0.2) is 9.98 Å². The molecule has 0 spiro atoms. The largest absolute Gasteiger partial charge is 0.282 e. The minimum absolute atomic E-state index is 0.112. The van der Waals surface area contributed by atoms with Crippen LogP contribution in [-0.2, 0) is 11.2 Å². The van der Waals surface area contributed by atoms with Gasteiger partial charge in [0.1, 0.15) is 5.70 Å². The fourth-order valence-corrected chi connectivity index (χ4v) is 3.75. The first kappa shape index (κ1) is 18.3. The highest BCUT2D eigenvalue weighted by atomic mass is 16.2. The Balaban J connectivity index is 1.56. The topological polar surface area (TPSA) is 45.0 Å². The predicted octanol–water partition coefficient (Wildman–Crippen LogP) is 5.08. The molecule has 4 nitrogen and oxygen atoms in total. The Kier molecular flexibility index (Phi) is 4.81. The number of fused-ring (bicyclic) bond motifs is 1. The molecular weight excluding hydrogens is 370 g/mol. The van der Waals surface area contributed by atoms with Crippen molar-refractivity contribution >= 4 is 23.2 Å². The third kappa shape index (κ3) is 3.60. The lowest BCUT2D eigenvalue weighted by Crippen LogP contribution is -2.36. The van der Waals surface area contributed by atoms with Crippen molar-refractivity contribution in [2.75, 3.05) is 0 Å². The standard InChI is InChI=1S/C26H21N3O/c30-26-23(17-20-12-6-2-7-13-20)28-25-22(16-19-10-4-1-5-11-19)27-24(18-29(25)26)21-14-8-3-9-15-21/h1,3-6,8-15,17-18H,2,7,16H2/b23-17-. The Morgan fingerprint density at radius 1 is 0.933 bits per heavy atom. The van der Waals surface area contributed by atoms with Crippen LogP contribution in [0.5, 0.6) is 0 Å². The summed E-state index contributed by atoms with van der Waals surface area (Å²) in [4.78, 5) is 24.4. The van der Waals surface area contributed by atoms with Crippen LogP contribution >= 0.6 is 0 Å². The summed E-state index contributed by atoms with van der Waals surface area (Å²) in [6, 6.07) is 20.1. The van der Waals surface area contributed by atoms with E-state index < -0.39 is 0 Å². The first-order valence-corrected chi connectivity index (χ1v) is 10.2. The van der Waals surface area contributed by atoms with Crippen LogP contribution in [0.2, 0.25) is 0 Å². The highest BCUT2D eigenvalue weighted by molar-refractivity contribution is 6.48. The maximum atomic E-state index is 13.2. The Morgan fingerprint density at radius 2 is 1.70 bits per heavy atom. The van der Waals surface area contributed by atoms with E-state index in [1.54, 1.807) is 11.1 Å². The summed E-state index contributed by atoms with van der Waals surface area (Å²) in [6.45, 7) is 0. The lowest BCUT2D eigenvalue weighted by atomic mass is 10.1. The van der Waals surface area contributed by atoms with Crippen LogP contribution in [0.3, 0.4) is 0 Å². The molecule has 0 unspecified atom stereocenters. The van der Waals surface area contributed by atoms with Crippen molar-refractivity contribution in [1.82, 2.24) is 4.90 Å². The number of hydrogen-bond donors (Lipinski definition) is 0. The molecule has 0 saturated heterocycles. The van der Waals surface area contributed by atoms with E-state index in [9.17, 15) is 4.79 Å². The van der Waals surface area contributed by atoms with E-state index >= 15 is 0 Å². The quantitative estimate of drug-likeness (QED) is 0.670. The molecule has 0 aromatic heterocycles. The van der Waals surface area contributed by atoms with Crippen molar-refractivity contribution in [3.63, 3.8) is 0 Å². The normalized spacial score (nSPS) is 19.3. The number of amides is 1. The number of rotatable bonds is 4. The number of allylic oxidation sites excluding steroid dienone is 5. The Labute approximate surface area is 176 Å². The fourth-order valence-electron chi connectivity index (χ4n) is 3.75. The van der Waals surface area contributed by atoms with Crippen LogP contribution in [-0.4, -0.2) is 22.4 Å². The maximum Gasteiger partial charge on any atom is 0.282 e. The van der Waals surface area contributed by atoms with Crippen molar-refractivity contribution < 1.29 is 4.79 Å². The van der Waals surface area contributed by atoms with E-state index in [1.807, 2.05) is 60.7 Å². The molecular formula is C26H21N3O. The van der Waals surface area contributed by atoms with Gasteiger partial charge in [0.15, 0.2) is 5.84 Å². The Hall–Kier alpha value is -3.79. The summed E-state index contributed by atoms with van der Waals surface area (Å²) in [5.41, 5.74) is 5.16. The van der Waals surface area contributed by atoms with Gasteiger partial charge in [0.2, 0.25) is 0 Å². The van der Waals surface area contributed by atoms with Gasteiger partial charge in [-0.15, -0.1) is 0 Å². The zero-order valence-electron chi connectivity index (χ0n) is 16.5. The molecule has 146 valence electrons. The van der Waals surface area contributed by atoms with Gasteiger partial charge in [0, 0.05) is 18.2 Å². The third-order valence-corrected chi connectivity index (χ3v) is 5.27. The highest BCUT2D eigenvalue weighted by Gasteiger charge is 2.35. The minimum Gasteiger partial charge on any atom is -0.266 e. The van der Waals surface area contributed by atoms with E-state index in [0.29, 0.717) is 18.0 Å². The average Bonchev–Trinajstić information content (AvgIpc) is 3.11. The van der Waals surface area contributed by atoms with E-state index in [4.69, 9.17) is 9.98 Å². The summed E-state index contributed by atoms with van der Waals surface area (Å²) < 4.78 is 0. The molecule has 2 aliphatic heterocycles. The molecule has 2 aromatic carbocycles. The number of amidine groups is 1. The Bertz CT molecular complexity index is 1170.